The summed E-state index contributed by atoms with van der Waals surface area (Å²) in [7, 11) is 1.68. The van der Waals surface area contributed by atoms with Crippen LogP contribution in [0.25, 0.3) is 0 Å². The smallest absolute Gasteiger partial charge is 0.321 e. The predicted molar refractivity (Wildman–Crippen MR) is 78.0 cm³/mol. The molecule has 0 saturated heterocycles. The highest BCUT2D eigenvalue weighted by atomic mass is 16.5. The van der Waals surface area contributed by atoms with E-state index in [9.17, 15) is 9.90 Å². The topological polar surface area (TPSA) is 61.8 Å². The summed E-state index contributed by atoms with van der Waals surface area (Å²) in [6, 6.07) is 7.08. The van der Waals surface area contributed by atoms with E-state index in [-0.39, 0.29) is 6.03 Å². The van der Waals surface area contributed by atoms with Crippen LogP contribution in [0.2, 0.25) is 0 Å². The zero-order chi connectivity index (χ0) is 14.5. The predicted octanol–water partition coefficient (Wildman–Crippen LogP) is 2.32. The molecule has 1 aliphatic carbocycles. The second-order valence-corrected chi connectivity index (χ2v) is 5.14. The Labute approximate surface area is 119 Å². The number of nitrogens with zero attached hydrogens (tertiary/aromatic N) is 1. The Kier molecular flexibility index (Phi) is 4.84. The molecule has 0 bridgehead atoms. The van der Waals surface area contributed by atoms with Gasteiger partial charge in [0.2, 0.25) is 0 Å². The van der Waals surface area contributed by atoms with Crippen molar-refractivity contribution >= 4 is 11.7 Å². The minimum Gasteiger partial charge on any atom is -0.492 e. The molecule has 0 radical (unpaired) electrons. The van der Waals surface area contributed by atoms with E-state index in [0.29, 0.717) is 30.5 Å². The molecule has 5 nitrogen and oxygen atoms in total. The number of anilines is 1. The van der Waals surface area contributed by atoms with Gasteiger partial charge in [-0.2, -0.15) is 0 Å². The van der Waals surface area contributed by atoms with Crippen LogP contribution in [0.4, 0.5) is 10.5 Å². The number of rotatable bonds is 6. The van der Waals surface area contributed by atoms with Crippen LogP contribution in [-0.2, 0) is 0 Å². The molecule has 5 heteroatoms. The third-order valence-electron chi connectivity index (χ3n) is 3.40. The van der Waals surface area contributed by atoms with Gasteiger partial charge >= 0.3 is 6.03 Å². The van der Waals surface area contributed by atoms with Crippen molar-refractivity contribution in [3.05, 3.63) is 24.3 Å². The van der Waals surface area contributed by atoms with Gasteiger partial charge in [0.15, 0.2) is 0 Å². The fraction of sp³-hybridized carbons (Fsp3) is 0.533. The van der Waals surface area contributed by atoms with Crippen molar-refractivity contribution in [2.45, 2.75) is 25.9 Å². The van der Waals surface area contributed by atoms with Gasteiger partial charge in [0.05, 0.1) is 18.4 Å². The molecule has 0 aliphatic heterocycles. The lowest BCUT2D eigenvalue weighted by atomic mass is 10.2. The highest BCUT2D eigenvalue weighted by molar-refractivity contribution is 5.90. The van der Waals surface area contributed by atoms with Crippen LogP contribution in [0.3, 0.4) is 0 Å². The van der Waals surface area contributed by atoms with E-state index in [1.165, 1.54) is 4.90 Å². The number of hydrogen-bond donors (Lipinski definition) is 2. The Balaban J connectivity index is 1.92. The molecule has 2 N–H and O–H groups in total. The number of hydrogen-bond acceptors (Lipinski definition) is 3. The monoisotopic (exact) mass is 278 g/mol. The van der Waals surface area contributed by atoms with Gasteiger partial charge in [-0.05, 0) is 37.8 Å². The number of carbonyl (C=O) groups is 1. The number of nitrogens with one attached hydrogen (secondary N) is 1. The lowest BCUT2D eigenvalue weighted by Crippen LogP contribution is -2.38. The Bertz CT molecular complexity index is 460. The van der Waals surface area contributed by atoms with Crippen LogP contribution >= 0.6 is 0 Å². The second kappa shape index (κ2) is 6.61. The summed E-state index contributed by atoms with van der Waals surface area (Å²) < 4.78 is 5.46. The van der Waals surface area contributed by atoms with Gasteiger partial charge in [0, 0.05) is 13.6 Å². The molecule has 1 fully saturated rings. The Morgan fingerprint density at radius 2 is 2.20 bits per heavy atom. The largest absolute Gasteiger partial charge is 0.492 e. The number of aliphatic hydroxyl groups excluding tert-OH is 1. The fourth-order valence-corrected chi connectivity index (χ4v) is 2.06. The summed E-state index contributed by atoms with van der Waals surface area (Å²) in [6.07, 6.45) is 1.70. The molecule has 1 aliphatic rings. The summed E-state index contributed by atoms with van der Waals surface area (Å²) in [6.45, 7) is 2.80. The van der Waals surface area contributed by atoms with Crippen molar-refractivity contribution < 1.29 is 14.6 Å². The highest BCUT2D eigenvalue weighted by Crippen LogP contribution is 2.32. The molecule has 20 heavy (non-hydrogen) atoms. The molecule has 0 aromatic heterocycles. The van der Waals surface area contributed by atoms with Gasteiger partial charge in [-0.15, -0.1) is 0 Å². The van der Waals surface area contributed by atoms with Gasteiger partial charge in [0.25, 0.3) is 0 Å². The molecule has 1 unspecified atom stereocenters. The van der Waals surface area contributed by atoms with Crippen LogP contribution in [-0.4, -0.2) is 42.3 Å². The molecule has 1 aromatic rings. The molecule has 1 aromatic carbocycles. The number of urea groups is 1. The van der Waals surface area contributed by atoms with E-state index < -0.39 is 6.10 Å². The number of benzene rings is 1. The first-order valence-corrected chi connectivity index (χ1v) is 7.03. The molecule has 1 atom stereocenters. The maximum atomic E-state index is 12.1. The quantitative estimate of drug-likeness (QED) is 0.839. The van der Waals surface area contributed by atoms with Crippen molar-refractivity contribution in [3.8, 4) is 5.75 Å². The van der Waals surface area contributed by atoms with Crippen molar-refractivity contribution in [3.63, 3.8) is 0 Å². The third kappa shape index (κ3) is 3.87. The zero-order valence-corrected chi connectivity index (χ0v) is 12.0. The number of likely N-dealkylation sites (N-methyl/N-ethyl adjacent to an activating group) is 1. The number of para-hydroxylation sites is 2. The summed E-state index contributed by atoms with van der Waals surface area (Å²) in [4.78, 5) is 13.6. The zero-order valence-electron chi connectivity index (χ0n) is 12.0. The van der Waals surface area contributed by atoms with E-state index in [4.69, 9.17) is 4.74 Å². The van der Waals surface area contributed by atoms with E-state index >= 15 is 0 Å². The number of amides is 2. The van der Waals surface area contributed by atoms with Crippen LogP contribution in [0, 0.1) is 5.92 Å². The standard InChI is InChI=1S/C15H22N2O3/c1-3-20-14-7-5-4-6-12(14)16-15(19)17(2)10-13(18)11-8-9-11/h4-7,11,13,18H,3,8-10H2,1-2H3,(H,16,19). The maximum absolute atomic E-state index is 12.1. The number of aliphatic hydroxyl groups is 1. The first kappa shape index (κ1) is 14.7. The molecular weight excluding hydrogens is 256 g/mol. The van der Waals surface area contributed by atoms with E-state index in [1.54, 1.807) is 13.1 Å². The Morgan fingerprint density at radius 1 is 1.50 bits per heavy atom. The summed E-state index contributed by atoms with van der Waals surface area (Å²) in [5.74, 6) is 1.01. The molecule has 2 amide bonds. The van der Waals surface area contributed by atoms with E-state index in [2.05, 4.69) is 5.32 Å². The van der Waals surface area contributed by atoms with Gasteiger partial charge in [-0.25, -0.2) is 4.79 Å². The maximum Gasteiger partial charge on any atom is 0.321 e. The van der Waals surface area contributed by atoms with Crippen LogP contribution in [0.15, 0.2) is 24.3 Å². The number of ether oxygens (including phenoxy) is 1. The Hall–Kier alpha value is -1.75. The van der Waals surface area contributed by atoms with Gasteiger partial charge in [-0.1, -0.05) is 12.1 Å². The fourth-order valence-electron chi connectivity index (χ4n) is 2.06. The first-order chi connectivity index (χ1) is 9.61. The van der Waals surface area contributed by atoms with Crippen LogP contribution in [0.1, 0.15) is 19.8 Å². The van der Waals surface area contributed by atoms with Crippen molar-refractivity contribution in [1.82, 2.24) is 4.90 Å². The van der Waals surface area contributed by atoms with Crippen molar-refractivity contribution in [1.29, 1.82) is 0 Å². The molecule has 0 spiro atoms. The Morgan fingerprint density at radius 3 is 2.85 bits per heavy atom. The molecule has 0 heterocycles. The van der Waals surface area contributed by atoms with E-state index in [1.807, 2.05) is 25.1 Å². The van der Waals surface area contributed by atoms with Gasteiger partial charge < -0.3 is 20.1 Å². The van der Waals surface area contributed by atoms with Crippen molar-refractivity contribution in [2.24, 2.45) is 5.92 Å². The van der Waals surface area contributed by atoms with Crippen LogP contribution < -0.4 is 10.1 Å². The highest BCUT2D eigenvalue weighted by Gasteiger charge is 2.31. The second-order valence-electron chi connectivity index (χ2n) is 5.14. The average Bonchev–Trinajstić information content (AvgIpc) is 3.25. The minimum atomic E-state index is -0.423. The first-order valence-electron chi connectivity index (χ1n) is 7.03. The van der Waals surface area contributed by atoms with Gasteiger partial charge in [0.1, 0.15) is 5.75 Å². The SMILES string of the molecule is CCOc1ccccc1NC(=O)N(C)CC(O)C1CC1. The summed E-state index contributed by atoms with van der Waals surface area (Å²) in [5.41, 5.74) is 0.645. The van der Waals surface area contributed by atoms with E-state index in [0.717, 1.165) is 12.8 Å². The number of carbonyl (C=O) groups excluding carboxylic acids is 1. The lowest BCUT2D eigenvalue weighted by Gasteiger charge is -2.22. The molecule has 1 saturated carbocycles. The normalized spacial score (nSPS) is 15.6. The van der Waals surface area contributed by atoms with Crippen LogP contribution in [0.5, 0.6) is 5.75 Å². The minimum absolute atomic E-state index is 0.239. The molecule has 110 valence electrons. The third-order valence-corrected chi connectivity index (χ3v) is 3.40. The molecular formula is C15H22N2O3. The lowest BCUT2D eigenvalue weighted by molar-refractivity contribution is 0.117. The summed E-state index contributed by atoms with van der Waals surface area (Å²) in [5, 5.41) is 12.7. The molecule has 2 rings (SSSR count). The summed E-state index contributed by atoms with van der Waals surface area (Å²) >= 11 is 0. The van der Waals surface area contributed by atoms with Crippen molar-refractivity contribution in [2.75, 3.05) is 25.5 Å². The average molecular weight is 278 g/mol. The van der Waals surface area contributed by atoms with Gasteiger partial charge in [-0.3, -0.25) is 0 Å².